The molecule has 0 aliphatic heterocycles. The quantitative estimate of drug-likeness (QED) is 0.553. The molecule has 0 saturated heterocycles. The first-order valence-electron chi connectivity index (χ1n) is 9.21. The average molecular weight is 373 g/mol. The second-order valence-corrected chi connectivity index (χ2v) is 6.85. The smallest absolute Gasteiger partial charge is 0.310 e. The highest BCUT2D eigenvalue weighted by atomic mass is 16.4. The number of aliphatic carboxylic acids is 1. The lowest BCUT2D eigenvalue weighted by Gasteiger charge is -2.16. The van der Waals surface area contributed by atoms with Crippen LogP contribution in [-0.4, -0.2) is 17.4 Å². The molecule has 2 N–H and O–H groups in total. The van der Waals surface area contributed by atoms with Crippen molar-refractivity contribution in [1.29, 1.82) is 0 Å². The molecule has 1 unspecified atom stereocenters. The van der Waals surface area contributed by atoms with E-state index < -0.39 is 11.9 Å². The molecule has 0 saturated carbocycles. The third-order valence-corrected chi connectivity index (χ3v) is 5.00. The van der Waals surface area contributed by atoms with Gasteiger partial charge in [-0.1, -0.05) is 60.7 Å². The van der Waals surface area contributed by atoms with Gasteiger partial charge >= 0.3 is 5.97 Å². The maximum absolute atomic E-state index is 11.6. The van der Waals surface area contributed by atoms with Gasteiger partial charge in [0.2, 0.25) is 0 Å². The highest BCUT2D eigenvalue weighted by molar-refractivity contribution is 5.83. The fourth-order valence-electron chi connectivity index (χ4n) is 3.28. The molecule has 0 bridgehead atoms. The van der Waals surface area contributed by atoms with Crippen LogP contribution in [0.1, 0.15) is 39.9 Å². The number of hydrogen-bond donors (Lipinski definition) is 2. The molecule has 1 atom stereocenters. The van der Waals surface area contributed by atoms with E-state index in [1.54, 1.807) is 6.92 Å². The number of benzene rings is 3. The predicted octanol–water partition coefficient (Wildman–Crippen LogP) is 5.27. The van der Waals surface area contributed by atoms with Crippen molar-refractivity contribution >= 4 is 17.9 Å². The molecule has 28 heavy (non-hydrogen) atoms. The van der Waals surface area contributed by atoms with Crippen LogP contribution in [-0.2, 0) is 11.3 Å². The van der Waals surface area contributed by atoms with Crippen LogP contribution in [0.3, 0.4) is 0 Å². The van der Waals surface area contributed by atoms with E-state index >= 15 is 0 Å². The summed E-state index contributed by atoms with van der Waals surface area (Å²) in [5.41, 5.74) is 6.33. The molecule has 0 aliphatic carbocycles. The Kier molecular flexibility index (Phi) is 5.90. The Morgan fingerprint density at radius 2 is 1.82 bits per heavy atom. The Hall–Kier alpha value is -3.40. The van der Waals surface area contributed by atoms with Gasteiger partial charge in [0.1, 0.15) is 6.29 Å². The Balaban J connectivity index is 1.89. The minimum atomic E-state index is -0.840. The van der Waals surface area contributed by atoms with Crippen molar-refractivity contribution < 1.29 is 14.7 Å². The van der Waals surface area contributed by atoms with Gasteiger partial charge in [-0.3, -0.25) is 9.59 Å². The summed E-state index contributed by atoms with van der Waals surface area (Å²) in [7, 11) is 0. The zero-order chi connectivity index (χ0) is 20.1. The van der Waals surface area contributed by atoms with Crippen LogP contribution in [0.25, 0.3) is 11.1 Å². The highest BCUT2D eigenvalue weighted by Gasteiger charge is 2.15. The molecule has 0 heterocycles. The second-order valence-electron chi connectivity index (χ2n) is 6.85. The molecule has 3 aromatic rings. The third-order valence-electron chi connectivity index (χ3n) is 5.00. The van der Waals surface area contributed by atoms with E-state index in [4.69, 9.17) is 0 Å². The molecule has 0 aromatic heterocycles. The van der Waals surface area contributed by atoms with E-state index in [0.29, 0.717) is 12.1 Å². The van der Waals surface area contributed by atoms with E-state index in [2.05, 4.69) is 5.32 Å². The molecular formula is C24H23NO3. The van der Waals surface area contributed by atoms with Crippen molar-refractivity contribution in [3.8, 4) is 11.1 Å². The van der Waals surface area contributed by atoms with Gasteiger partial charge in [-0.2, -0.15) is 0 Å². The number of carbonyl (C=O) groups excluding carboxylic acids is 1. The van der Waals surface area contributed by atoms with E-state index in [1.807, 2.05) is 73.7 Å². The van der Waals surface area contributed by atoms with Crippen molar-refractivity contribution in [3.05, 3.63) is 89.0 Å². The lowest BCUT2D eigenvalue weighted by Crippen LogP contribution is -2.09. The van der Waals surface area contributed by atoms with Crippen LogP contribution in [0.15, 0.2) is 66.7 Å². The normalized spacial score (nSPS) is 11.6. The number of hydrogen-bond acceptors (Lipinski definition) is 3. The summed E-state index contributed by atoms with van der Waals surface area (Å²) < 4.78 is 0. The number of carboxylic acid groups (broad SMARTS) is 1. The number of carboxylic acids is 1. The fraction of sp³-hybridized carbons (Fsp3) is 0.167. The number of aryl methyl sites for hydroxylation is 1. The van der Waals surface area contributed by atoms with E-state index in [1.165, 1.54) is 0 Å². The number of carbonyl (C=O) groups is 2. The molecule has 0 aliphatic rings. The van der Waals surface area contributed by atoms with Gasteiger partial charge in [0.15, 0.2) is 0 Å². The summed E-state index contributed by atoms with van der Waals surface area (Å²) in [4.78, 5) is 22.8. The molecule has 3 rings (SSSR count). The molecule has 0 spiro atoms. The first-order valence-corrected chi connectivity index (χ1v) is 9.21. The van der Waals surface area contributed by atoms with E-state index in [0.717, 1.165) is 39.8 Å². The Bertz CT molecular complexity index is 996. The standard InChI is InChI=1S/C24H23NO3/c1-16-13-19(17(2)24(27)28)11-12-23(16)25-14-22-20(15-26)9-6-10-21(22)18-7-4-3-5-8-18/h3-13,15,17,25H,14H2,1-2H3,(H,27,28). The summed E-state index contributed by atoms with van der Waals surface area (Å²) in [5, 5.41) is 12.6. The Morgan fingerprint density at radius 1 is 1.07 bits per heavy atom. The van der Waals surface area contributed by atoms with E-state index in [-0.39, 0.29) is 0 Å². The van der Waals surface area contributed by atoms with Crippen molar-refractivity contribution in [3.63, 3.8) is 0 Å². The van der Waals surface area contributed by atoms with Crippen LogP contribution in [0.5, 0.6) is 0 Å². The lowest BCUT2D eigenvalue weighted by atomic mass is 9.95. The van der Waals surface area contributed by atoms with Gasteiger partial charge in [0.25, 0.3) is 0 Å². The van der Waals surface area contributed by atoms with Crippen LogP contribution in [0.4, 0.5) is 5.69 Å². The number of rotatable bonds is 7. The fourth-order valence-corrected chi connectivity index (χ4v) is 3.28. The second kappa shape index (κ2) is 8.53. The molecular weight excluding hydrogens is 350 g/mol. The van der Waals surface area contributed by atoms with Crippen LogP contribution < -0.4 is 5.32 Å². The number of anilines is 1. The minimum absolute atomic E-state index is 0.494. The molecule has 0 amide bonds. The lowest BCUT2D eigenvalue weighted by molar-refractivity contribution is -0.138. The van der Waals surface area contributed by atoms with Gasteiger partial charge in [-0.25, -0.2) is 0 Å². The zero-order valence-corrected chi connectivity index (χ0v) is 16.0. The third kappa shape index (κ3) is 4.12. The first kappa shape index (κ1) is 19.4. The molecule has 4 heteroatoms. The summed E-state index contributed by atoms with van der Waals surface area (Å²) >= 11 is 0. The Morgan fingerprint density at radius 3 is 2.46 bits per heavy atom. The maximum atomic E-state index is 11.6. The van der Waals surface area contributed by atoms with Crippen LogP contribution in [0.2, 0.25) is 0 Å². The van der Waals surface area contributed by atoms with Gasteiger partial charge in [-0.15, -0.1) is 0 Å². The largest absolute Gasteiger partial charge is 0.481 e. The van der Waals surface area contributed by atoms with Crippen molar-refractivity contribution in [2.24, 2.45) is 0 Å². The zero-order valence-electron chi connectivity index (χ0n) is 16.0. The first-order chi connectivity index (χ1) is 13.5. The molecule has 0 fully saturated rings. The van der Waals surface area contributed by atoms with Crippen molar-refractivity contribution in [2.45, 2.75) is 26.3 Å². The van der Waals surface area contributed by atoms with Crippen molar-refractivity contribution in [2.75, 3.05) is 5.32 Å². The summed E-state index contributed by atoms with van der Waals surface area (Å²) in [5.74, 6) is -1.39. The van der Waals surface area contributed by atoms with Crippen molar-refractivity contribution in [1.82, 2.24) is 0 Å². The number of aldehydes is 1. The van der Waals surface area contributed by atoms with Gasteiger partial charge in [-0.05, 0) is 47.7 Å². The highest BCUT2D eigenvalue weighted by Crippen LogP contribution is 2.28. The summed E-state index contributed by atoms with van der Waals surface area (Å²) in [6.45, 7) is 4.12. The SMILES string of the molecule is Cc1cc(C(C)C(=O)O)ccc1NCc1c(C=O)cccc1-c1ccccc1. The van der Waals surface area contributed by atoms with Crippen LogP contribution >= 0.6 is 0 Å². The molecule has 142 valence electrons. The van der Waals surface area contributed by atoms with Gasteiger partial charge < -0.3 is 10.4 Å². The summed E-state index contributed by atoms with van der Waals surface area (Å²) in [6, 6.07) is 21.3. The summed E-state index contributed by atoms with van der Waals surface area (Å²) in [6.07, 6.45) is 0.883. The molecule has 3 aromatic carbocycles. The average Bonchev–Trinajstić information content (AvgIpc) is 2.72. The topological polar surface area (TPSA) is 66.4 Å². The Labute approximate surface area is 164 Å². The monoisotopic (exact) mass is 373 g/mol. The van der Waals surface area contributed by atoms with E-state index in [9.17, 15) is 14.7 Å². The van der Waals surface area contributed by atoms with Crippen LogP contribution in [0, 0.1) is 6.92 Å². The molecule has 0 radical (unpaired) electrons. The van der Waals surface area contributed by atoms with Gasteiger partial charge in [0, 0.05) is 17.8 Å². The predicted molar refractivity (Wildman–Crippen MR) is 112 cm³/mol. The maximum Gasteiger partial charge on any atom is 0.310 e. The minimum Gasteiger partial charge on any atom is -0.481 e. The van der Waals surface area contributed by atoms with Gasteiger partial charge in [0.05, 0.1) is 5.92 Å². The number of nitrogens with one attached hydrogen (secondary N) is 1. The molecule has 4 nitrogen and oxygen atoms in total.